The van der Waals surface area contributed by atoms with Crippen LogP contribution >= 0.6 is 0 Å². The summed E-state index contributed by atoms with van der Waals surface area (Å²) in [6.07, 6.45) is 1.43. The Morgan fingerprint density at radius 3 is 1.72 bits per heavy atom. The minimum Gasteiger partial charge on any atom is -0.480 e. The summed E-state index contributed by atoms with van der Waals surface area (Å²) < 4.78 is 5.03. The lowest BCUT2D eigenvalue weighted by molar-refractivity contribution is -0.189. The lowest BCUT2D eigenvalue weighted by Crippen LogP contribution is -2.58. The fraction of sp³-hybridized carbons (Fsp3) is 0.714. The van der Waals surface area contributed by atoms with Crippen LogP contribution in [0.1, 0.15) is 41.5 Å². The Bertz CT molecular complexity index is 328. The summed E-state index contributed by atoms with van der Waals surface area (Å²) in [6.45, 7) is 13.9. The summed E-state index contributed by atoms with van der Waals surface area (Å²) in [7, 11) is 0. The van der Waals surface area contributed by atoms with Gasteiger partial charge in [-0.1, -0.05) is 54.2 Å². The molecule has 0 heterocycles. The van der Waals surface area contributed by atoms with Crippen LogP contribution in [-0.4, -0.2) is 23.7 Å². The summed E-state index contributed by atoms with van der Waals surface area (Å²) in [5.74, 6) is -1.87. The minimum absolute atomic E-state index is 0.0139. The second-order valence-electron chi connectivity index (χ2n) is 6.44. The third-order valence-corrected chi connectivity index (χ3v) is 3.21. The molecule has 4 nitrogen and oxygen atoms in total. The van der Waals surface area contributed by atoms with Gasteiger partial charge in [0.2, 0.25) is 0 Å². The number of hydrogen-bond acceptors (Lipinski definition) is 3. The van der Waals surface area contributed by atoms with Crippen LogP contribution in [0.4, 0.5) is 0 Å². The quantitative estimate of drug-likeness (QED) is 0.477. The van der Waals surface area contributed by atoms with Gasteiger partial charge in [0.25, 0.3) is 0 Å². The van der Waals surface area contributed by atoms with E-state index in [-0.39, 0.29) is 6.61 Å². The molecule has 0 rings (SSSR count). The molecule has 1 N–H and O–H groups in total. The lowest BCUT2D eigenvalue weighted by atomic mass is 9.54. The molecule has 0 aliphatic carbocycles. The average molecular weight is 256 g/mol. The largest absolute Gasteiger partial charge is 0.480 e. The third-order valence-electron chi connectivity index (χ3n) is 3.21. The van der Waals surface area contributed by atoms with E-state index in [1.54, 1.807) is 41.5 Å². The molecule has 104 valence electrons. The second kappa shape index (κ2) is 5.12. The standard InChI is InChI=1S/C14H24O4/c1-8-9-18-11(17)14(10(15)16,12(2,3)4)13(5,6)7/h8H,1,9H2,2-7H3,(H,15,16). The van der Waals surface area contributed by atoms with Gasteiger partial charge in [0.1, 0.15) is 6.61 Å². The van der Waals surface area contributed by atoms with Gasteiger partial charge in [0.15, 0.2) is 5.41 Å². The van der Waals surface area contributed by atoms with Crippen molar-refractivity contribution in [3.05, 3.63) is 12.7 Å². The normalized spacial score (nSPS) is 13.0. The number of carbonyl (C=O) groups excluding carboxylic acids is 1. The summed E-state index contributed by atoms with van der Waals surface area (Å²) in [5, 5.41) is 9.64. The zero-order chi connectivity index (χ0) is 14.8. The highest BCUT2D eigenvalue weighted by molar-refractivity contribution is 6.01. The molecule has 0 amide bonds. The highest BCUT2D eigenvalue weighted by atomic mass is 16.5. The molecule has 0 radical (unpaired) electrons. The van der Waals surface area contributed by atoms with Gasteiger partial charge in [-0.15, -0.1) is 0 Å². The maximum Gasteiger partial charge on any atom is 0.324 e. The predicted octanol–water partition coefficient (Wildman–Crippen LogP) is 2.88. The molecule has 18 heavy (non-hydrogen) atoms. The molecule has 0 unspecified atom stereocenters. The summed E-state index contributed by atoms with van der Waals surface area (Å²) in [6, 6.07) is 0. The molecule has 0 aliphatic heterocycles. The van der Waals surface area contributed by atoms with Crippen LogP contribution in [0.25, 0.3) is 0 Å². The molecule has 0 aromatic carbocycles. The molecule has 0 aromatic heterocycles. The van der Waals surface area contributed by atoms with Gasteiger partial charge >= 0.3 is 11.9 Å². The maximum absolute atomic E-state index is 12.3. The van der Waals surface area contributed by atoms with E-state index in [0.717, 1.165) is 0 Å². The molecule has 0 atom stereocenters. The molecule has 0 saturated carbocycles. The number of ether oxygens (including phenoxy) is 1. The number of carboxylic acids is 1. The molecule has 0 fully saturated rings. The Morgan fingerprint density at radius 1 is 1.11 bits per heavy atom. The van der Waals surface area contributed by atoms with Crippen LogP contribution in [0, 0.1) is 16.2 Å². The molecule has 0 saturated heterocycles. The van der Waals surface area contributed by atoms with Crippen molar-refractivity contribution in [1.82, 2.24) is 0 Å². The molecule has 0 aliphatic rings. The van der Waals surface area contributed by atoms with Crippen molar-refractivity contribution in [2.24, 2.45) is 16.2 Å². The minimum atomic E-state index is -1.61. The molecule has 0 aromatic rings. The Hall–Kier alpha value is -1.32. The fourth-order valence-electron chi connectivity index (χ4n) is 2.71. The fourth-order valence-corrected chi connectivity index (χ4v) is 2.71. The van der Waals surface area contributed by atoms with Crippen LogP contribution < -0.4 is 0 Å². The Morgan fingerprint density at radius 2 is 1.50 bits per heavy atom. The van der Waals surface area contributed by atoms with Crippen molar-refractivity contribution >= 4 is 11.9 Å². The highest BCUT2D eigenvalue weighted by Crippen LogP contribution is 2.52. The maximum atomic E-state index is 12.3. The summed E-state index contributed by atoms with van der Waals surface area (Å²) in [5.41, 5.74) is -3.15. The number of aliphatic carboxylic acids is 1. The molecular weight excluding hydrogens is 232 g/mol. The van der Waals surface area contributed by atoms with Crippen LogP contribution in [0.5, 0.6) is 0 Å². The molecule has 4 heteroatoms. The molecular formula is C14H24O4. The van der Waals surface area contributed by atoms with Gasteiger partial charge in [-0.3, -0.25) is 9.59 Å². The van der Waals surface area contributed by atoms with Crippen molar-refractivity contribution in [1.29, 1.82) is 0 Å². The zero-order valence-corrected chi connectivity index (χ0v) is 12.2. The van der Waals surface area contributed by atoms with Crippen LogP contribution in [0.2, 0.25) is 0 Å². The first-order chi connectivity index (χ1) is 7.92. The van der Waals surface area contributed by atoms with Crippen molar-refractivity contribution in [3.8, 4) is 0 Å². The van der Waals surface area contributed by atoms with E-state index in [9.17, 15) is 14.7 Å². The third kappa shape index (κ3) is 2.57. The van der Waals surface area contributed by atoms with E-state index in [1.807, 2.05) is 0 Å². The van der Waals surface area contributed by atoms with Crippen molar-refractivity contribution < 1.29 is 19.4 Å². The van der Waals surface area contributed by atoms with Gasteiger partial charge < -0.3 is 9.84 Å². The highest BCUT2D eigenvalue weighted by Gasteiger charge is 2.63. The van der Waals surface area contributed by atoms with Gasteiger partial charge in [-0.2, -0.15) is 0 Å². The number of carbonyl (C=O) groups is 2. The van der Waals surface area contributed by atoms with E-state index in [0.29, 0.717) is 0 Å². The molecule has 0 spiro atoms. The van der Waals surface area contributed by atoms with Crippen molar-refractivity contribution in [2.45, 2.75) is 41.5 Å². The number of esters is 1. The molecule has 0 bridgehead atoms. The Kier molecular flexibility index (Phi) is 4.75. The van der Waals surface area contributed by atoms with E-state index in [2.05, 4.69) is 6.58 Å². The van der Waals surface area contributed by atoms with Gasteiger partial charge in [0.05, 0.1) is 0 Å². The number of rotatable bonds is 4. The zero-order valence-electron chi connectivity index (χ0n) is 12.2. The first-order valence-corrected chi connectivity index (χ1v) is 5.94. The van der Waals surface area contributed by atoms with Crippen LogP contribution in [0.3, 0.4) is 0 Å². The topological polar surface area (TPSA) is 63.6 Å². The van der Waals surface area contributed by atoms with Crippen LogP contribution in [-0.2, 0) is 14.3 Å². The second-order valence-corrected chi connectivity index (χ2v) is 6.44. The smallest absolute Gasteiger partial charge is 0.324 e. The monoisotopic (exact) mass is 256 g/mol. The van der Waals surface area contributed by atoms with E-state index in [4.69, 9.17) is 4.74 Å². The van der Waals surface area contributed by atoms with Gasteiger partial charge in [0, 0.05) is 0 Å². The van der Waals surface area contributed by atoms with Gasteiger partial charge in [-0.05, 0) is 10.8 Å². The SMILES string of the molecule is C=CCOC(=O)C(C(=O)O)(C(C)(C)C)C(C)(C)C. The van der Waals surface area contributed by atoms with E-state index in [1.165, 1.54) is 6.08 Å². The van der Waals surface area contributed by atoms with Crippen LogP contribution in [0.15, 0.2) is 12.7 Å². The predicted molar refractivity (Wildman–Crippen MR) is 70.1 cm³/mol. The number of carboxylic acid groups (broad SMARTS) is 1. The van der Waals surface area contributed by atoms with Gasteiger partial charge in [-0.25, -0.2) is 0 Å². The summed E-state index contributed by atoms with van der Waals surface area (Å²) in [4.78, 5) is 24.1. The van der Waals surface area contributed by atoms with Crippen molar-refractivity contribution in [2.75, 3.05) is 6.61 Å². The summed E-state index contributed by atoms with van der Waals surface area (Å²) >= 11 is 0. The first kappa shape index (κ1) is 16.7. The van der Waals surface area contributed by atoms with E-state index >= 15 is 0 Å². The lowest BCUT2D eigenvalue weighted by Gasteiger charge is -2.47. The van der Waals surface area contributed by atoms with Crippen molar-refractivity contribution in [3.63, 3.8) is 0 Å². The first-order valence-electron chi connectivity index (χ1n) is 5.94. The Labute approximate surface area is 109 Å². The number of hydrogen-bond donors (Lipinski definition) is 1. The van der Waals surface area contributed by atoms with E-state index < -0.39 is 28.2 Å². The average Bonchev–Trinajstić information content (AvgIpc) is 2.09. The Balaban J connectivity index is 5.89.